The summed E-state index contributed by atoms with van der Waals surface area (Å²) in [6, 6.07) is 13.3. The molecule has 0 aliphatic heterocycles. The van der Waals surface area contributed by atoms with Gasteiger partial charge in [0.1, 0.15) is 11.5 Å². The first-order chi connectivity index (χ1) is 16.0. The molecule has 0 unspecified atom stereocenters. The summed E-state index contributed by atoms with van der Waals surface area (Å²) in [7, 11) is 4.08. The van der Waals surface area contributed by atoms with Gasteiger partial charge in [-0.15, -0.1) is 12.4 Å². The molecule has 0 radical (unpaired) electrons. The third-order valence-electron chi connectivity index (χ3n) is 5.24. The van der Waals surface area contributed by atoms with E-state index in [0.717, 1.165) is 47.5 Å². The first-order valence-corrected chi connectivity index (χ1v) is 12.6. The molecule has 0 fully saturated rings. The van der Waals surface area contributed by atoms with E-state index in [2.05, 4.69) is 11.8 Å². The van der Waals surface area contributed by atoms with E-state index in [1.54, 1.807) is 4.90 Å². The van der Waals surface area contributed by atoms with Gasteiger partial charge in [-0.25, -0.2) is 4.98 Å². The zero-order chi connectivity index (χ0) is 23.6. The van der Waals surface area contributed by atoms with Crippen molar-refractivity contribution >= 4 is 45.0 Å². The van der Waals surface area contributed by atoms with Crippen LogP contribution in [0.25, 0.3) is 10.2 Å². The van der Waals surface area contributed by atoms with E-state index >= 15 is 0 Å². The molecule has 0 N–H and O–H groups in total. The smallest absolute Gasteiger partial charge is 0.260 e. The van der Waals surface area contributed by atoms with Gasteiger partial charge in [0.2, 0.25) is 0 Å². The lowest BCUT2D eigenvalue weighted by Gasteiger charge is -2.21. The molecule has 1 amide bonds. The topological polar surface area (TPSA) is 54.9 Å². The highest BCUT2D eigenvalue weighted by Crippen LogP contribution is 2.32. The number of carbonyl (C=O) groups is 1. The Balaban J connectivity index is 0.00000408. The molecule has 0 aliphatic rings. The number of carbonyl (C=O) groups excluding carboxylic acids is 1. The third kappa shape index (κ3) is 7.86. The standard InChI is InChI=1S/C26H35N3O3S.ClH/c1-5-7-8-18-32-21-12-10-20(11-13-21)25(30)29(17-9-16-28(3)4)26-27-23-15-14-22(31-6-2)19-24(23)33-26;/h10-15,19H,5-9,16-18H2,1-4H3;1H. The van der Waals surface area contributed by atoms with Gasteiger partial charge in [0, 0.05) is 12.1 Å². The highest BCUT2D eigenvalue weighted by molar-refractivity contribution is 7.22. The Labute approximate surface area is 213 Å². The Morgan fingerprint density at radius 1 is 0.941 bits per heavy atom. The van der Waals surface area contributed by atoms with Crippen molar-refractivity contribution in [2.75, 3.05) is 45.3 Å². The molecule has 3 rings (SSSR count). The van der Waals surface area contributed by atoms with Crippen molar-refractivity contribution in [2.45, 2.75) is 39.5 Å². The molecule has 1 aromatic heterocycles. The van der Waals surface area contributed by atoms with Crippen LogP contribution in [0.15, 0.2) is 42.5 Å². The summed E-state index contributed by atoms with van der Waals surface area (Å²) in [6.07, 6.45) is 4.23. The van der Waals surface area contributed by atoms with Crippen LogP contribution in [-0.4, -0.2) is 56.2 Å². The highest BCUT2D eigenvalue weighted by Gasteiger charge is 2.21. The number of anilines is 1. The Bertz CT molecular complexity index is 1020. The van der Waals surface area contributed by atoms with Gasteiger partial charge >= 0.3 is 0 Å². The molecule has 8 heteroatoms. The van der Waals surface area contributed by atoms with Crippen LogP contribution in [0.5, 0.6) is 11.5 Å². The van der Waals surface area contributed by atoms with Gasteiger partial charge < -0.3 is 14.4 Å². The quantitative estimate of drug-likeness (QED) is 0.256. The number of amides is 1. The maximum absolute atomic E-state index is 13.5. The van der Waals surface area contributed by atoms with Crippen molar-refractivity contribution in [1.29, 1.82) is 0 Å². The minimum Gasteiger partial charge on any atom is -0.494 e. The van der Waals surface area contributed by atoms with Gasteiger partial charge in [-0.2, -0.15) is 0 Å². The maximum atomic E-state index is 13.5. The van der Waals surface area contributed by atoms with Gasteiger partial charge in [-0.05, 0) is 82.9 Å². The summed E-state index contributed by atoms with van der Waals surface area (Å²) >= 11 is 1.52. The molecule has 34 heavy (non-hydrogen) atoms. The van der Waals surface area contributed by atoms with E-state index < -0.39 is 0 Å². The summed E-state index contributed by atoms with van der Waals surface area (Å²) in [4.78, 5) is 22.2. The Hall–Kier alpha value is -2.35. The van der Waals surface area contributed by atoms with Gasteiger partial charge in [0.25, 0.3) is 5.91 Å². The fraction of sp³-hybridized carbons (Fsp3) is 0.462. The van der Waals surface area contributed by atoms with Crippen molar-refractivity contribution in [3.05, 3.63) is 48.0 Å². The average molecular weight is 506 g/mol. The van der Waals surface area contributed by atoms with Gasteiger partial charge in [0.15, 0.2) is 5.13 Å². The molecule has 2 aromatic carbocycles. The minimum absolute atomic E-state index is 0. The lowest BCUT2D eigenvalue weighted by Crippen LogP contribution is -2.33. The van der Waals surface area contributed by atoms with Gasteiger partial charge in [-0.3, -0.25) is 9.69 Å². The summed E-state index contributed by atoms with van der Waals surface area (Å²) in [5.74, 6) is 1.57. The summed E-state index contributed by atoms with van der Waals surface area (Å²) < 4.78 is 12.4. The summed E-state index contributed by atoms with van der Waals surface area (Å²) in [6.45, 7) is 6.96. The van der Waals surface area contributed by atoms with E-state index in [1.807, 2.05) is 63.5 Å². The number of nitrogens with zero attached hydrogens (tertiary/aromatic N) is 3. The highest BCUT2D eigenvalue weighted by atomic mass is 35.5. The van der Waals surface area contributed by atoms with Crippen LogP contribution in [-0.2, 0) is 0 Å². The largest absolute Gasteiger partial charge is 0.494 e. The number of ether oxygens (including phenoxy) is 2. The fourth-order valence-corrected chi connectivity index (χ4v) is 4.50. The van der Waals surface area contributed by atoms with E-state index in [1.165, 1.54) is 17.8 Å². The minimum atomic E-state index is -0.0459. The van der Waals surface area contributed by atoms with Gasteiger partial charge in [0.05, 0.1) is 23.4 Å². The Morgan fingerprint density at radius 3 is 2.35 bits per heavy atom. The van der Waals surface area contributed by atoms with Crippen LogP contribution in [0.3, 0.4) is 0 Å². The number of hydrogen-bond acceptors (Lipinski definition) is 6. The summed E-state index contributed by atoms with van der Waals surface area (Å²) in [5.41, 5.74) is 1.51. The first-order valence-electron chi connectivity index (χ1n) is 11.7. The number of benzene rings is 2. The Morgan fingerprint density at radius 2 is 1.68 bits per heavy atom. The van der Waals surface area contributed by atoms with Crippen LogP contribution in [0.1, 0.15) is 49.9 Å². The molecule has 186 valence electrons. The lowest BCUT2D eigenvalue weighted by molar-refractivity contribution is 0.0986. The second kappa shape index (κ2) is 14.1. The number of fused-ring (bicyclic) bond motifs is 1. The third-order valence-corrected chi connectivity index (χ3v) is 6.28. The molecular formula is C26H36ClN3O3S. The van der Waals surface area contributed by atoms with E-state index in [-0.39, 0.29) is 18.3 Å². The molecule has 0 bridgehead atoms. The van der Waals surface area contributed by atoms with Crippen molar-refractivity contribution in [2.24, 2.45) is 0 Å². The number of hydrogen-bond donors (Lipinski definition) is 0. The SMILES string of the molecule is CCCCCOc1ccc(C(=O)N(CCCN(C)C)c2nc3ccc(OCC)cc3s2)cc1.Cl. The zero-order valence-corrected chi connectivity index (χ0v) is 22.2. The number of thiazole rings is 1. The fourth-order valence-electron chi connectivity index (χ4n) is 3.49. The van der Waals surface area contributed by atoms with Crippen molar-refractivity contribution in [1.82, 2.24) is 9.88 Å². The van der Waals surface area contributed by atoms with Gasteiger partial charge in [-0.1, -0.05) is 31.1 Å². The first kappa shape index (κ1) is 27.9. The maximum Gasteiger partial charge on any atom is 0.260 e. The van der Waals surface area contributed by atoms with Crippen LogP contribution in [0, 0.1) is 0 Å². The zero-order valence-electron chi connectivity index (χ0n) is 20.6. The summed E-state index contributed by atoms with van der Waals surface area (Å²) in [5, 5.41) is 0.710. The number of unbranched alkanes of at least 4 members (excludes halogenated alkanes) is 2. The lowest BCUT2D eigenvalue weighted by atomic mass is 10.2. The monoisotopic (exact) mass is 505 g/mol. The van der Waals surface area contributed by atoms with Crippen LogP contribution >= 0.6 is 23.7 Å². The molecule has 6 nitrogen and oxygen atoms in total. The van der Waals surface area contributed by atoms with Crippen LogP contribution in [0.2, 0.25) is 0 Å². The van der Waals surface area contributed by atoms with E-state index in [9.17, 15) is 4.79 Å². The predicted molar refractivity (Wildman–Crippen MR) is 144 cm³/mol. The number of rotatable bonds is 13. The molecule has 3 aromatic rings. The number of aromatic nitrogens is 1. The number of halogens is 1. The van der Waals surface area contributed by atoms with E-state index in [4.69, 9.17) is 14.5 Å². The second-order valence-electron chi connectivity index (χ2n) is 8.25. The molecule has 1 heterocycles. The molecular weight excluding hydrogens is 470 g/mol. The van der Waals surface area contributed by atoms with Crippen molar-refractivity contribution < 1.29 is 14.3 Å². The Kier molecular flexibility index (Phi) is 11.6. The van der Waals surface area contributed by atoms with E-state index in [0.29, 0.717) is 30.5 Å². The van der Waals surface area contributed by atoms with Crippen LogP contribution in [0.4, 0.5) is 5.13 Å². The molecule has 0 saturated heterocycles. The van der Waals surface area contributed by atoms with Crippen molar-refractivity contribution in [3.63, 3.8) is 0 Å². The molecule has 0 saturated carbocycles. The normalized spacial score (nSPS) is 10.9. The van der Waals surface area contributed by atoms with Crippen LogP contribution < -0.4 is 14.4 Å². The average Bonchev–Trinajstić information content (AvgIpc) is 3.23. The second-order valence-corrected chi connectivity index (χ2v) is 9.26. The van der Waals surface area contributed by atoms with Crippen molar-refractivity contribution in [3.8, 4) is 11.5 Å². The molecule has 0 atom stereocenters. The predicted octanol–water partition coefficient (Wildman–Crippen LogP) is 6.28. The molecule has 0 aliphatic carbocycles. The molecule has 0 spiro atoms.